The van der Waals surface area contributed by atoms with Crippen LogP contribution >= 0.6 is 0 Å². The molecule has 14 heavy (non-hydrogen) atoms. The molecule has 0 aromatic rings. The number of hydrogen-bond acceptors (Lipinski definition) is 1. The molecule has 3 nitrogen and oxygen atoms in total. The highest BCUT2D eigenvalue weighted by atomic mass is 16.2. The van der Waals surface area contributed by atoms with Crippen molar-refractivity contribution >= 4 is 6.03 Å². The molecule has 2 amide bonds. The number of allylic oxidation sites excluding steroid dienone is 2. The van der Waals surface area contributed by atoms with E-state index in [0.29, 0.717) is 0 Å². The first kappa shape index (κ1) is 8.33. The van der Waals surface area contributed by atoms with Crippen molar-refractivity contribution in [3.05, 3.63) is 12.2 Å². The fourth-order valence-electron chi connectivity index (χ4n) is 3.48. The number of hydrogen-bond donors (Lipinski definition) is 1. The zero-order valence-electron chi connectivity index (χ0n) is 8.44. The van der Waals surface area contributed by atoms with Crippen LogP contribution in [0.4, 0.5) is 4.79 Å². The topological polar surface area (TPSA) is 32.3 Å². The van der Waals surface area contributed by atoms with E-state index in [2.05, 4.69) is 17.5 Å². The molecule has 1 aliphatic heterocycles. The van der Waals surface area contributed by atoms with Gasteiger partial charge in [-0.2, -0.15) is 0 Å². The van der Waals surface area contributed by atoms with Crippen LogP contribution in [0.15, 0.2) is 12.2 Å². The Kier molecular flexibility index (Phi) is 1.64. The third kappa shape index (κ3) is 0.954. The van der Waals surface area contributed by atoms with Gasteiger partial charge in [-0.1, -0.05) is 12.2 Å². The Balaban J connectivity index is 1.76. The predicted molar refractivity (Wildman–Crippen MR) is 53.7 cm³/mol. The summed E-state index contributed by atoms with van der Waals surface area (Å²) in [7, 11) is 1.71. The minimum Gasteiger partial charge on any atom is -0.341 e. The molecule has 4 atom stereocenters. The zero-order chi connectivity index (χ0) is 9.71. The second kappa shape index (κ2) is 2.75. The van der Waals surface area contributed by atoms with Gasteiger partial charge in [0.25, 0.3) is 0 Å². The SMILES string of the molecule is CNC(=O)N1C[C@@H]2C3C=CC(C3)[C@@H]2C1. The van der Waals surface area contributed by atoms with E-state index in [1.165, 1.54) is 6.42 Å². The Labute approximate surface area is 84.2 Å². The Hall–Kier alpha value is -0.990. The van der Waals surface area contributed by atoms with Gasteiger partial charge in [0.15, 0.2) is 0 Å². The molecule has 3 heteroatoms. The van der Waals surface area contributed by atoms with E-state index in [9.17, 15) is 4.79 Å². The van der Waals surface area contributed by atoms with Crippen LogP contribution in [0.2, 0.25) is 0 Å². The van der Waals surface area contributed by atoms with E-state index in [0.717, 1.165) is 36.8 Å². The van der Waals surface area contributed by atoms with Crippen LogP contribution in [0.1, 0.15) is 6.42 Å². The summed E-state index contributed by atoms with van der Waals surface area (Å²) in [5.74, 6) is 3.03. The van der Waals surface area contributed by atoms with Crippen LogP contribution in [0.5, 0.6) is 0 Å². The summed E-state index contributed by atoms with van der Waals surface area (Å²) in [6.07, 6.45) is 6.06. The monoisotopic (exact) mass is 192 g/mol. The maximum atomic E-state index is 11.5. The van der Waals surface area contributed by atoms with E-state index >= 15 is 0 Å². The first-order chi connectivity index (χ1) is 6.79. The minimum atomic E-state index is 0.0961. The standard InChI is InChI=1S/C11H16N2O/c1-12-11(14)13-5-9-7-2-3-8(4-7)10(9)6-13/h2-3,7-10H,4-6H2,1H3,(H,12,14)/t7?,8?,9-,10+. The number of urea groups is 1. The van der Waals surface area contributed by atoms with E-state index in [1.54, 1.807) is 7.05 Å². The molecule has 1 N–H and O–H groups in total. The van der Waals surface area contributed by atoms with E-state index in [4.69, 9.17) is 0 Å². The van der Waals surface area contributed by atoms with Crippen molar-refractivity contribution in [3.8, 4) is 0 Å². The Morgan fingerprint density at radius 3 is 2.36 bits per heavy atom. The van der Waals surface area contributed by atoms with Crippen LogP contribution < -0.4 is 5.32 Å². The number of rotatable bonds is 0. The van der Waals surface area contributed by atoms with Crippen molar-refractivity contribution in [2.24, 2.45) is 23.7 Å². The average Bonchev–Trinajstić information content (AvgIpc) is 2.87. The quantitative estimate of drug-likeness (QED) is 0.572. The summed E-state index contributed by atoms with van der Waals surface area (Å²) in [5, 5.41) is 2.71. The van der Waals surface area contributed by atoms with Gasteiger partial charge in [0, 0.05) is 20.1 Å². The van der Waals surface area contributed by atoms with Crippen molar-refractivity contribution in [2.45, 2.75) is 6.42 Å². The van der Waals surface area contributed by atoms with E-state index < -0.39 is 0 Å². The van der Waals surface area contributed by atoms with Gasteiger partial charge in [-0.05, 0) is 30.1 Å². The molecule has 2 bridgehead atoms. The number of nitrogens with zero attached hydrogens (tertiary/aromatic N) is 1. The van der Waals surface area contributed by atoms with Crippen LogP contribution in [0, 0.1) is 23.7 Å². The zero-order valence-corrected chi connectivity index (χ0v) is 8.44. The lowest BCUT2D eigenvalue weighted by molar-refractivity contribution is 0.206. The van der Waals surface area contributed by atoms with Crippen molar-refractivity contribution < 1.29 is 4.79 Å². The predicted octanol–water partition coefficient (Wildman–Crippen LogP) is 1.08. The Morgan fingerprint density at radius 1 is 1.29 bits per heavy atom. The van der Waals surface area contributed by atoms with Crippen molar-refractivity contribution in [1.82, 2.24) is 10.2 Å². The van der Waals surface area contributed by atoms with Gasteiger partial charge in [0.1, 0.15) is 0 Å². The van der Waals surface area contributed by atoms with Crippen molar-refractivity contribution in [3.63, 3.8) is 0 Å². The van der Waals surface area contributed by atoms with Crippen LogP contribution in [0.3, 0.4) is 0 Å². The van der Waals surface area contributed by atoms with Crippen LogP contribution in [-0.4, -0.2) is 31.1 Å². The lowest BCUT2D eigenvalue weighted by Gasteiger charge is -2.17. The molecule has 3 rings (SSSR count). The summed E-state index contributed by atoms with van der Waals surface area (Å²) < 4.78 is 0. The molecule has 76 valence electrons. The van der Waals surface area contributed by atoms with Crippen LogP contribution in [-0.2, 0) is 0 Å². The number of carbonyl (C=O) groups is 1. The fraction of sp³-hybridized carbons (Fsp3) is 0.727. The first-order valence-corrected chi connectivity index (χ1v) is 5.44. The van der Waals surface area contributed by atoms with Gasteiger partial charge in [-0.3, -0.25) is 0 Å². The number of fused-ring (bicyclic) bond motifs is 5. The summed E-state index contributed by atoms with van der Waals surface area (Å²) in [4.78, 5) is 13.4. The highest BCUT2D eigenvalue weighted by molar-refractivity contribution is 5.74. The van der Waals surface area contributed by atoms with Gasteiger partial charge in [0.05, 0.1) is 0 Å². The number of amides is 2. The number of carbonyl (C=O) groups excluding carboxylic acids is 1. The summed E-state index contributed by atoms with van der Waals surface area (Å²) in [6, 6.07) is 0.0961. The molecule has 1 saturated heterocycles. The molecule has 1 saturated carbocycles. The summed E-state index contributed by atoms with van der Waals surface area (Å²) in [5.41, 5.74) is 0. The lowest BCUT2D eigenvalue weighted by Crippen LogP contribution is -2.37. The van der Waals surface area contributed by atoms with Gasteiger partial charge < -0.3 is 10.2 Å². The van der Waals surface area contributed by atoms with Gasteiger partial charge in [0.2, 0.25) is 0 Å². The highest BCUT2D eigenvalue weighted by Gasteiger charge is 2.49. The van der Waals surface area contributed by atoms with Gasteiger partial charge in [-0.25, -0.2) is 4.79 Å². The molecule has 0 radical (unpaired) electrons. The second-order valence-corrected chi connectivity index (χ2v) is 4.74. The molecule has 2 aliphatic carbocycles. The van der Waals surface area contributed by atoms with Gasteiger partial charge in [-0.15, -0.1) is 0 Å². The molecule has 0 spiro atoms. The third-order valence-corrected chi connectivity index (χ3v) is 4.16. The normalized spacial score (nSPS) is 43.1. The molecular formula is C11H16N2O. The molecule has 0 aromatic carbocycles. The first-order valence-electron chi connectivity index (χ1n) is 5.44. The largest absolute Gasteiger partial charge is 0.341 e. The molecule has 0 aromatic heterocycles. The number of nitrogens with one attached hydrogen (secondary N) is 1. The second-order valence-electron chi connectivity index (χ2n) is 4.74. The van der Waals surface area contributed by atoms with E-state index in [1.807, 2.05) is 4.90 Å². The smallest absolute Gasteiger partial charge is 0.317 e. The molecule has 2 fully saturated rings. The van der Waals surface area contributed by atoms with Crippen molar-refractivity contribution in [1.29, 1.82) is 0 Å². The number of likely N-dealkylation sites (tertiary alicyclic amines) is 1. The third-order valence-electron chi connectivity index (χ3n) is 4.16. The minimum absolute atomic E-state index is 0.0961. The fourth-order valence-corrected chi connectivity index (χ4v) is 3.48. The lowest BCUT2D eigenvalue weighted by atomic mass is 9.86. The molecule has 3 aliphatic rings. The van der Waals surface area contributed by atoms with Crippen LogP contribution in [0.25, 0.3) is 0 Å². The molecule has 2 unspecified atom stereocenters. The van der Waals surface area contributed by atoms with E-state index in [-0.39, 0.29) is 6.03 Å². The Morgan fingerprint density at radius 2 is 1.86 bits per heavy atom. The maximum absolute atomic E-state index is 11.5. The Bertz CT molecular complexity index is 280. The highest BCUT2D eigenvalue weighted by Crippen LogP contribution is 2.51. The molecular weight excluding hydrogens is 176 g/mol. The maximum Gasteiger partial charge on any atom is 0.317 e. The molecule has 1 heterocycles. The van der Waals surface area contributed by atoms with Gasteiger partial charge >= 0.3 is 6.03 Å². The summed E-state index contributed by atoms with van der Waals surface area (Å²) >= 11 is 0. The summed E-state index contributed by atoms with van der Waals surface area (Å²) in [6.45, 7) is 1.94. The van der Waals surface area contributed by atoms with Crippen molar-refractivity contribution in [2.75, 3.05) is 20.1 Å². The average molecular weight is 192 g/mol.